The monoisotopic (exact) mass is 247 g/mol. The van der Waals surface area contributed by atoms with Gasteiger partial charge in [-0.05, 0) is 0 Å². The highest BCUT2D eigenvalue weighted by atomic mass is 16.7. The fourth-order valence-electron chi connectivity index (χ4n) is 2.32. The zero-order chi connectivity index (χ0) is 12.6. The summed E-state index contributed by atoms with van der Waals surface area (Å²) in [5.74, 6) is -0.320. The number of hydrogen-bond donors (Lipinski definition) is 3. The van der Waals surface area contributed by atoms with Gasteiger partial charge in [-0.3, -0.25) is 4.79 Å². The van der Waals surface area contributed by atoms with E-state index in [2.05, 4.69) is 5.32 Å². The van der Waals surface area contributed by atoms with Gasteiger partial charge in [-0.1, -0.05) is 0 Å². The molecule has 0 unspecified atom stereocenters. The second kappa shape index (κ2) is 4.51. The summed E-state index contributed by atoms with van der Waals surface area (Å²) in [4.78, 5) is 11.0. The minimum absolute atomic E-state index is 0.120. The number of amides is 1. The van der Waals surface area contributed by atoms with Gasteiger partial charge in [-0.25, -0.2) is 0 Å². The number of carbonyl (C=O) groups excluding carboxylic acids is 1. The Labute approximate surface area is 98.7 Å². The molecule has 0 radical (unpaired) electrons. The number of methoxy groups -OCH3 is 1. The minimum atomic E-state index is -1.17. The van der Waals surface area contributed by atoms with Crippen LogP contribution in [0.25, 0.3) is 0 Å². The van der Waals surface area contributed by atoms with E-state index in [1.54, 1.807) is 0 Å². The molecule has 7 nitrogen and oxygen atoms in total. The molecule has 0 aromatic rings. The van der Waals surface area contributed by atoms with Gasteiger partial charge in [0.2, 0.25) is 5.91 Å². The molecule has 3 N–H and O–H groups in total. The molecule has 0 spiro atoms. The third kappa shape index (κ3) is 2.04. The Morgan fingerprint density at radius 2 is 2.29 bits per heavy atom. The van der Waals surface area contributed by atoms with Crippen molar-refractivity contribution in [2.24, 2.45) is 0 Å². The summed E-state index contributed by atoms with van der Waals surface area (Å²) < 4.78 is 15.9. The number of carbonyl (C=O) groups is 1. The average molecular weight is 247 g/mol. The van der Waals surface area contributed by atoms with Crippen LogP contribution in [-0.4, -0.2) is 66.6 Å². The summed E-state index contributed by atoms with van der Waals surface area (Å²) in [6.07, 6.45) is -3.07. The number of aliphatic hydroxyl groups excluding tert-OH is 2. The summed E-state index contributed by atoms with van der Waals surface area (Å²) in [5, 5.41) is 22.5. The number of nitrogens with one attached hydrogen (secondary N) is 1. The molecule has 2 aliphatic heterocycles. The zero-order valence-corrected chi connectivity index (χ0v) is 9.75. The van der Waals surface area contributed by atoms with Gasteiger partial charge in [0.15, 0.2) is 6.29 Å². The maximum absolute atomic E-state index is 11.0. The van der Waals surface area contributed by atoms with Gasteiger partial charge in [0, 0.05) is 14.0 Å². The van der Waals surface area contributed by atoms with Crippen LogP contribution in [-0.2, 0) is 19.0 Å². The molecular formula is C10H17NO6. The molecule has 5 atom stereocenters. The summed E-state index contributed by atoms with van der Waals surface area (Å²) >= 11 is 0. The molecule has 2 rings (SSSR count). The van der Waals surface area contributed by atoms with Crippen molar-refractivity contribution in [3.8, 4) is 0 Å². The molecule has 17 heavy (non-hydrogen) atoms. The fraction of sp³-hybridized carbons (Fsp3) is 0.900. The number of hydrogen-bond acceptors (Lipinski definition) is 6. The molecule has 2 fully saturated rings. The Kier molecular flexibility index (Phi) is 3.37. The van der Waals surface area contributed by atoms with Crippen LogP contribution in [0.2, 0.25) is 0 Å². The molecular weight excluding hydrogens is 230 g/mol. The zero-order valence-electron chi connectivity index (χ0n) is 9.75. The number of rotatable bonds is 3. The lowest BCUT2D eigenvalue weighted by atomic mass is 9.88. The summed E-state index contributed by atoms with van der Waals surface area (Å²) in [6.45, 7) is 1.57. The Balaban J connectivity index is 2.16. The van der Waals surface area contributed by atoms with Crippen LogP contribution in [0, 0.1) is 0 Å². The molecule has 0 aromatic carbocycles. The highest BCUT2D eigenvalue weighted by Gasteiger charge is 2.59. The van der Waals surface area contributed by atoms with E-state index in [0.717, 1.165) is 0 Å². The SMILES string of the molecule is COC[C@@]12CO[C@H](O1)[C@H](NC(C)=O)[C@@H](O)[C@H]2O. The second-order valence-electron chi connectivity index (χ2n) is 4.46. The molecule has 0 saturated carbocycles. The summed E-state index contributed by atoms with van der Waals surface area (Å²) in [5.41, 5.74) is -1.05. The van der Waals surface area contributed by atoms with Crippen molar-refractivity contribution in [2.75, 3.05) is 20.3 Å². The van der Waals surface area contributed by atoms with Gasteiger partial charge in [0.25, 0.3) is 0 Å². The molecule has 98 valence electrons. The van der Waals surface area contributed by atoms with Crippen molar-refractivity contribution >= 4 is 5.91 Å². The maximum Gasteiger partial charge on any atom is 0.217 e. The number of aliphatic hydroxyl groups is 2. The molecule has 2 aliphatic rings. The normalized spacial score (nSPS) is 44.7. The van der Waals surface area contributed by atoms with E-state index in [1.165, 1.54) is 14.0 Å². The number of ether oxygens (including phenoxy) is 3. The van der Waals surface area contributed by atoms with Gasteiger partial charge in [0.05, 0.1) is 13.2 Å². The highest BCUT2D eigenvalue weighted by Crippen LogP contribution is 2.37. The van der Waals surface area contributed by atoms with E-state index in [0.29, 0.717) is 0 Å². The van der Waals surface area contributed by atoms with Gasteiger partial charge < -0.3 is 29.7 Å². The third-order valence-electron chi connectivity index (χ3n) is 3.13. The second-order valence-corrected chi connectivity index (χ2v) is 4.46. The van der Waals surface area contributed by atoms with Crippen molar-refractivity contribution in [3.63, 3.8) is 0 Å². The van der Waals surface area contributed by atoms with E-state index < -0.39 is 30.1 Å². The Hall–Kier alpha value is -0.730. The first-order valence-electron chi connectivity index (χ1n) is 5.42. The van der Waals surface area contributed by atoms with Gasteiger partial charge >= 0.3 is 0 Å². The molecule has 0 aromatic heterocycles. The third-order valence-corrected chi connectivity index (χ3v) is 3.13. The lowest BCUT2D eigenvalue weighted by molar-refractivity contribution is -0.235. The van der Waals surface area contributed by atoms with E-state index in [4.69, 9.17) is 14.2 Å². The highest BCUT2D eigenvalue weighted by molar-refractivity contribution is 5.73. The van der Waals surface area contributed by atoms with Gasteiger partial charge in [-0.15, -0.1) is 0 Å². The van der Waals surface area contributed by atoms with Crippen LogP contribution < -0.4 is 5.32 Å². The first kappa shape index (κ1) is 12.7. The molecule has 2 bridgehead atoms. The van der Waals surface area contributed by atoms with Crippen LogP contribution in [0.4, 0.5) is 0 Å². The Bertz CT molecular complexity index is 311. The topological polar surface area (TPSA) is 97.2 Å². The van der Waals surface area contributed by atoms with E-state index in [1.807, 2.05) is 0 Å². The molecule has 1 amide bonds. The van der Waals surface area contributed by atoms with Crippen molar-refractivity contribution in [1.82, 2.24) is 5.32 Å². The summed E-state index contributed by atoms with van der Waals surface area (Å²) in [7, 11) is 1.48. The van der Waals surface area contributed by atoms with E-state index in [-0.39, 0.29) is 19.1 Å². The van der Waals surface area contributed by atoms with Crippen LogP contribution in [0.15, 0.2) is 0 Å². The van der Waals surface area contributed by atoms with Crippen molar-refractivity contribution in [1.29, 1.82) is 0 Å². The molecule has 2 saturated heterocycles. The van der Waals surface area contributed by atoms with E-state index >= 15 is 0 Å². The smallest absolute Gasteiger partial charge is 0.217 e. The van der Waals surface area contributed by atoms with Crippen LogP contribution >= 0.6 is 0 Å². The van der Waals surface area contributed by atoms with Crippen molar-refractivity contribution in [2.45, 2.75) is 37.1 Å². The Morgan fingerprint density at radius 3 is 2.88 bits per heavy atom. The summed E-state index contributed by atoms with van der Waals surface area (Å²) in [6, 6.07) is -0.769. The van der Waals surface area contributed by atoms with Gasteiger partial charge in [-0.2, -0.15) is 0 Å². The first-order chi connectivity index (χ1) is 8.00. The van der Waals surface area contributed by atoms with Gasteiger partial charge in [0.1, 0.15) is 23.9 Å². The molecule has 7 heteroatoms. The largest absolute Gasteiger partial charge is 0.388 e. The fourth-order valence-corrected chi connectivity index (χ4v) is 2.32. The van der Waals surface area contributed by atoms with Crippen molar-refractivity contribution < 1.29 is 29.2 Å². The number of fused-ring (bicyclic) bond motifs is 2. The molecule has 2 heterocycles. The molecule has 0 aliphatic carbocycles. The van der Waals surface area contributed by atoms with Crippen LogP contribution in [0.5, 0.6) is 0 Å². The predicted molar refractivity (Wildman–Crippen MR) is 55.1 cm³/mol. The van der Waals surface area contributed by atoms with Crippen molar-refractivity contribution in [3.05, 3.63) is 0 Å². The first-order valence-corrected chi connectivity index (χ1v) is 5.42. The standard InChI is InChI=1S/C10H17NO6/c1-5(12)11-6-7(13)8(14)10(3-15-2)4-16-9(6)17-10/h6-9,13-14H,3-4H2,1-2H3,(H,11,12)/t6-,7-,8-,9-,10+/m1/s1. The van der Waals surface area contributed by atoms with E-state index in [9.17, 15) is 15.0 Å². The lowest BCUT2D eigenvalue weighted by Gasteiger charge is -2.42. The Morgan fingerprint density at radius 1 is 1.59 bits per heavy atom. The quantitative estimate of drug-likeness (QED) is 0.533. The minimum Gasteiger partial charge on any atom is -0.388 e. The van der Waals surface area contributed by atoms with Crippen LogP contribution in [0.3, 0.4) is 0 Å². The maximum atomic E-state index is 11.0. The lowest BCUT2D eigenvalue weighted by Crippen LogP contribution is -2.66. The van der Waals surface area contributed by atoms with Crippen LogP contribution in [0.1, 0.15) is 6.92 Å². The average Bonchev–Trinajstić information content (AvgIpc) is 2.65. The predicted octanol–water partition coefficient (Wildman–Crippen LogP) is -2.02.